The number of pyridine rings is 1. The number of hydrogen-bond donors (Lipinski definition) is 0. The first-order valence-corrected chi connectivity index (χ1v) is 7.60. The molecule has 1 aromatic carbocycles. The van der Waals surface area contributed by atoms with Crippen LogP contribution in [0, 0.1) is 5.82 Å². The van der Waals surface area contributed by atoms with Crippen molar-refractivity contribution in [1.29, 1.82) is 0 Å². The highest BCUT2D eigenvalue weighted by molar-refractivity contribution is 7.17. The van der Waals surface area contributed by atoms with E-state index in [4.69, 9.17) is 0 Å². The minimum Gasteiger partial charge on any atom is -0.255 e. The molecule has 0 amide bonds. The molecule has 0 unspecified atom stereocenters. The first-order chi connectivity index (χ1) is 10.8. The minimum atomic E-state index is -0.256. The fourth-order valence-corrected chi connectivity index (χ4v) is 3.36. The van der Waals surface area contributed by atoms with Crippen LogP contribution in [0.4, 0.5) is 4.39 Å². The quantitative estimate of drug-likeness (QED) is 0.545. The number of benzene rings is 1. The molecule has 3 heterocycles. The molecule has 5 heteroatoms. The van der Waals surface area contributed by atoms with Crippen LogP contribution in [0.15, 0.2) is 60.4 Å². The van der Waals surface area contributed by atoms with Crippen molar-refractivity contribution < 1.29 is 4.39 Å². The maximum Gasteiger partial charge on any atom is 0.127 e. The summed E-state index contributed by atoms with van der Waals surface area (Å²) in [7, 11) is 0. The molecule has 0 radical (unpaired) electrons. The lowest BCUT2D eigenvalue weighted by Crippen LogP contribution is -1.90. The van der Waals surface area contributed by atoms with E-state index >= 15 is 0 Å². The molecule has 22 heavy (non-hydrogen) atoms. The number of nitrogens with zero attached hydrogens (tertiary/aromatic N) is 3. The van der Waals surface area contributed by atoms with E-state index in [-0.39, 0.29) is 5.82 Å². The summed E-state index contributed by atoms with van der Waals surface area (Å²) in [5, 5.41) is 2.90. The topological polar surface area (TPSA) is 38.7 Å². The average molecular weight is 307 g/mol. The molecule has 0 fully saturated rings. The van der Waals surface area contributed by atoms with Gasteiger partial charge in [-0.15, -0.1) is 11.3 Å². The maximum absolute atomic E-state index is 13.5. The summed E-state index contributed by atoms with van der Waals surface area (Å²) in [5.41, 5.74) is 3.30. The predicted octanol–water partition coefficient (Wildman–Crippen LogP) is 4.56. The molecule has 0 spiro atoms. The van der Waals surface area contributed by atoms with Crippen LogP contribution in [0.1, 0.15) is 0 Å². The fourth-order valence-electron chi connectivity index (χ4n) is 2.44. The number of thiophene rings is 1. The van der Waals surface area contributed by atoms with Gasteiger partial charge in [0.05, 0.1) is 5.69 Å². The number of hydrogen-bond acceptors (Lipinski definition) is 4. The third kappa shape index (κ3) is 2.16. The molecular formula is C17H10FN3S. The van der Waals surface area contributed by atoms with Crippen LogP contribution in [0.2, 0.25) is 0 Å². The van der Waals surface area contributed by atoms with E-state index in [9.17, 15) is 4.39 Å². The van der Waals surface area contributed by atoms with Gasteiger partial charge in [-0.2, -0.15) is 0 Å². The van der Waals surface area contributed by atoms with Gasteiger partial charge >= 0.3 is 0 Å². The Kier molecular flexibility index (Phi) is 3.12. The predicted molar refractivity (Wildman–Crippen MR) is 86.0 cm³/mol. The Morgan fingerprint density at radius 3 is 2.73 bits per heavy atom. The number of halogens is 1. The van der Waals surface area contributed by atoms with Gasteiger partial charge in [-0.25, -0.2) is 14.4 Å². The smallest absolute Gasteiger partial charge is 0.127 e. The normalized spacial score (nSPS) is 11.0. The summed E-state index contributed by atoms with van der Waals surface area (Å²) in [6.45, 7) is 0. The highest BCUT2D eigenvalue weighted by Crippen LogP contribution is 2.37. The van der Waals surface area contributed by atoms with Crippen LogP contribution in [0.5, 0.6) is 0 Å². The lowest BCUT2D eigenvalue weighted by atomic mass is 10.0. The third-order valence-electron chi connectivity index (χ3n) is 3.41. The van der Waals surface area contributed by atoms with E-state index in [1.807, 2.05) is 29.6 Å². The Hall–Kier alpha value is -2.66. The van der Waals surface area contributed by atoms with Crippen molar-refractivity contribution in [3.63, 3.8) is 0 Å². The zero-order valence-electron chi connectivity index (χ0n) is 11.4. The molecule has 0 N–H and O–H groups in total. The van der Waals surface area contributed by atoms with E-state index in [0.717, 1.165) is 32.7 Å². The largest absolute Gasteiger partial charge is 0.255 e. The van der Waals surface area contributed by atoms with Gasteiger partial charge in [-0.3, -0.25) is 4.98 Å². The number of aromatic nitrogens is 3. The van der Waals surface area contributed by atoms with Gasteiger partial charge in [0.2, 0.25) is 0 Å². The molecule has 106 valence electrons. The first kappa shape index (κ1) is 13.0. The van der Waals surface area contributed by atoms with Crippen LogP contribution in [0.3, 0.4) is 0 Å². The zero-order valence-corrected chi connectivity index (χ0v) is 12.2. The number of rotatable bonds is 2. The van der Waals surface area contributed by atoms with Crippen molar-refractivity contribution in [3.8, 4) is 22.5 Å². The van der Waals surface area contributed by atoms with E-state index < -0.39 is 0 Å². The Morgan fingerprint density at radius 1 is 0.955 bits per heavy atom. The number of fused-ring (bicyclic) bond motifs is 1. The van der Waals surface area contributed by atoms with Crippen LogP contribution in [0.25, 0.3) is 32.7 Å². The van der Waals surface area contributed by atoms with Crippen molar-refractivity contribution in [2.24, 2.45) is 0 Å². The Morgan fingerprint density at radius 2 is 1.91 bits per heavy atom. The second-order valence-corrected chi connectivity index (χ2v) is 5.64. The molecule has 0 aliphatic rings. The first-order valence-electron chi connectivity index (χ1n) is 6.72. The fraction of sp³-hybridized carbons (Fsp3) is 0. The monoisotopic (exact) mass is 307 g/mol. The highest BCUT2D eigenvalue weighted by atomic mass is 32.1. The molecular weight excluding hydrogens is 297 g/mol. The zero-order chi connectivity index (χ0) is 14.9. The van der Waals surface area contributed by atoms with Crippen LogP contribution < -0.4 is 0 Å². The van der Waals surface area contributed by atoms with E-state index in [0.29, 0.717) is 0 Å². The lowest BCUT2D eigenvalue weighted by molar-refractivity contribution is 0.628. The van der Waals surface area contributed by atoms with Crippen molar-refractivity contribution >= 4 is 21.6 Å². The minimum absolute atomic E-state index is 0.256. The Balaban J connectivity index is 2.02. The molecule has 0 atom stereocenters. The van der Waals surface area contributed by atoms with E-state index in [2.05, 4.69) is 15.0 Å². The molecule has 0 bridgehead atoms. The summed E-state index contributed by atoms with van der Waals surface area (Å²) in [5.74, 6) is -0.256. The summed E-state index contributed by atoms with van der Waals surface area (Å²) >= 11 is 1.52. The molecule has 3 nitrogen and oxygen atoms in total. The summed E-state index contributed by atoms with van der Waals surface area (Å²) in [6, 6.07) is 12.3. The summed E-state index contributed by atoms with van der Waals surface area (Å²) in [4.78, 5) is 14.0. The van der Waals surface area contributed by atoms with Gasteiger partial charge < -0.3 is 0 Å². The molecule has 3 aromatic heterocycles. The SMILES string of the molecule is Fc1cccc(-c2csc3ncnc(-c4ccccn4)c23)c1. The summed E-state index contributed by atoms with van der Waals surface area (Å²) < 4.78 is 13.5. The third-order valence-corrected chi connectivity index (χ3v) is 4.30. The van der Waals surface area contributed by atoms with Crippen molar-refractivity contribution in [2.45, 2.75) is 0 Å². The second-order valence-electron chi connectivity index (χ2n) is 4.78. The van der Waals surface area contributed by atoms with Gasteiger partial charge in [0.1, 0.15) is 22.7 Å². The Labute approximate surface area is 130 Å². The van der Waals surface area contributed by atoms with Gasteiger partial charge in [-0.1, -0.05) is 18.2 Å². The molecule has 0 aliphatic heterocycles. The van der Waals surface area contributed by atoms with E-state index in [1.54, 1.807) is 12.3 Å². The average Bonchev–Trinajstić information content (AvgIpc) is 3.00. The lowest BCUT2D eigenvalue weighted by Gasteiger charge is -2.05. The van der Waals surface area contributed by atoms with Crippen molar-refractivity contribution in [3.05, 3.63) is 66.2 Å². The standard InChI is InChI=1S/C17H10FN3S/c18-12-5-3-4-11(8-12)13-9-22-17-15(13)16(20-10-21-17)14-6-1-2-7-19-14/h1-10H. The van der Waals surface area contributed by atoms with E-state index in [1.165, 1.54) is 29.8 Å². The van der Waals surface area contributed by atoms with Gasteiger partial charge in [0.25, 0.3) is 0 Å². The molecule has 0 saturated heterocycles. The summed E-state index contributed by atoms with van der Waals surface area (Å²) in [6.07, 6.45) is 3.27. The van der Waals surface area contributed by atoms with Crippen LogP contribution in [-0.2, 0) is 0 Å². The van der Waals surface area contributed by atoms with Crippen molar-refractivity contribution in [2.75, 3.05) is 0 Å². The van der Waals surface area contributed by atoms with Crippen molar-refractivity contribution in [1.82, 2.24) is 15.0 Å². The van der Waals surface area contributed by atoms with Gasteiger partial charge in [-0.05, 0) is 29.8 Å². The Bertz CT molecular complexity index is 950. The second kappa shape index (κ2) is 5.27. The van der Waals surface area contributed by atoms with Gasteiger partial charge in [0, 0.05) is 22.5 Å². The van der Waals surface area contributed by atoms with Gasteiger partial charge in [0.15, 0.2) is 0 Å². The van der Waals surface area contributed by atoms with Crippen LogP contribution in [-0.4, -0.2) is 15.0 Å². The highest BCUT2D eigenvalue weighted by Gasteiger charge is 2.15. The van der Waals surface area contributed by atoms with Crippen LogP contribution >= 0.6 is 11.3 Å². The molecule has 4 rings (SSSR count). The maximum atomic E-state index is 13.5. The molecule has 0 saturated carbocycles. The molecule has 0 aliphatic carbocycles. The molecule has 4 aromatic rings.